The first-order valence-electron chi connectivity index (χ1n) is 6.98. The molecular weight excluding hydrogens is 288 g/mol. The number of hydrogen-bond acceptors (Lipinski definition) is 2. The monoisotopic (exact) mass is 308 g/mol. The van der Waals surface area contributed by atoms with Crippen LogP contribution >= 0.6 is 15.9 Å². The van der Waals surface area contributed by atoms with Gasteiger partial charge in [0.1, 0.15) is 0 Å². The highest BCUT2D eigenvalue weighted by molar-refractivity contribution is 9.10. The van der Waals surface area contributed by atoms with E-state index < -0.39 is 0 Å². The van der Waals surface area contributed by atoms with Crippen molar-refractivity contribution in [3.05, 3.63) is 28.2 Å². The molecule has 0 radical (unpaired) electrons. The van der Waals surface area contributed by atoms with E-state index in [1.165, 1.54) is 61.2 Å². The van der Waals surface area contributed by atoms with Gasteiger partial charge in [-0.15, -0.1) is 0 Å². The molecule has 0 N–H and O–H groups in total. The van der Waals surface area contributed by atoms with Crippen molar-refractivity contribution in [2.45, 2.75) is 32.2 Å². The van der Waals surface area contributed by atoms with Crippen LogP contribution in [0.5, 0.6) is 0 Å². The summed E-state index contributed by atoms with van der Waals surface area (Å²) < 4.78 is 1.20. The number of benzene rings is 1. The molecule has 2 heterocycles. The van der Waals surface area contributed by atoms with Crippen molar-refractivity contribution in [1.82, 2.24) is 4.90 Å². The quantitative estimate of drug-likeness (QED) is 0.784. The first-order valence-corrected chi connectivity index (χ1v) is 7.78. The summed E-state index contributed by atoms with van der Waals surface area (Å²) in [7, 11) is 0. The van der Waals surface area contributed by atoms with Gasteiger partial charge in [0.2, 0.25) is 0 Å². The van der Waals surface area contributed by atoms with Crippen LogP contribution < -0.4 is 4.90 Å². The van der Waals surface area contributed by atoms with Crippen LogP contribution in [0.3, 0.4) is 0 Å². The Labute approximate surface area is 118 Å². The second kappa shape index (κ2) is 5.22. The van der Waals surface area contributed by atoms with Gasteiger partial charge in [0.15, 0.2) is 0 Å². The molecule has 3 heteroatoms. The summed E-state index contributed by atoms with van der Waals surface area (Å²) in [5.74, 6) is 0. The van der Waals surface area contributed by atoms with Gasteiger partial charge in [-0.25, -0.2) is 0 Å². The summed E-state index contributed by atoms with van der Waals surface area (Å²) >= 11 is 3.62. The zero-order chi connectivity index (χ0) is 12.5. The molecule has 2 fully saturated rings. The number of halogens is 1. The number of aryl methyl sites for hydroxylation is 1. The third-order valence-corrected chi connectivity index (χ3v) is 4.65. The maximum Gasteiger partial charge on any atom is 0.0380 e. The predicted molar refractivity (Wildman–Crippen MR) is 80.3 cm³/mol. The Balaban J connectivity index is 1.82. The van der Waals surface area contributed by atoms with Gasteiger partial charge in [0.25, 0.3) is 0 Å². The van der Waals surface area contributed by atoms with Gasteiger partial charge in [-0.05, 0) is 56.5 Å². The standard InChI is InChI=1S/C15H21BrN2/c1-12-8-13(16)10-15(9-12)18-7-3-6-17-5-2-4-14(17)11-18/h8-10,14H,2-7,11H2,1H3. The molecule has 3 rings (SSSR count). The zero-order valence-electron chi connectivity index (χ0n) is 11.0. The number of anilines is 1. The van der Waals surface area contributed by atoms with Gasteiger partial charge < -0.3 is 4.90 Å². The lowest BCUT2D eigenvalue weighted by molar-refractivity contribution is 0.273. The summed E-state index contributed by atoms with van der Waals surface area (Å²) in [4.78, 5) is 5.26. The summed E-state index contributed by atoms with van der Waals surface area (Å²) in [5, 5.41) is 0. The summed E-state index contributed by atoms with van der Waals surface area (Å²) in [6, 6.07) is 7.54. The van der Waals surface area contributed by atoms with E-state index in [-0.39, 0.29) is 0 Å². The molecule has 0 aliphatic carbocycles. The molecule has 0 spiro atoms. The third-order valence-electron chi connectivity index (χ3n) is 4.20. The van der Waals surface area contributed by atoms with Crippen molar-refractivity contribution in [2.75, 3.05) is 31.1 Å². The van der Waals surface area contributed by atoms with E-state index in [1.54, 1.807) is 0 Å². The maximum absolute atomic E-state index is 3.62. The number of nitrogens with zero attached hydrogens (tertiary/aromatic N) is 2. The Hall–Kier alpha value is -0.540. The fourth-order valence-corrected chi connectivity index (χ4v) is 3.94. The fourth-order valence-electron chi connectivity index (χ4n) is 3.34. The molecule has 98 valence electrons. The van der Waals surface area contributed by atoms with Crippen molar-refractivity contribution in [3.63, 3.8) is 0 Å². The molecule has 18 heavy (non-hydrogen) atoms. The summed E-state index contributed by atoms with van der Waals surface area (Å²) in [6.45, 7) is 7.18. The van der Waals surface area contributed by atoms with Crippen molar-refractivity contribution >= 4 is 21.6 Å². The van der Waals surface area contributed by atoms with E-state index in [0.717, 1.165) is 6.04 Å². The van der Waals surface area contributed by atoms with Gasteiger partial charge >= 0.3 is 0 Å². The van der Waals surface area contributed by atoms with Crippen molar-refractivity contribution in [1.29, 1.82) is 0 Å². The van der Waals surface area contributed by atoms with E-state index in [4.69, 9.17) is 0 Å². The molecule has 1 atom stereocenters. The van der Waals surface area contributed by atoms with E-state index in [0.29, 0.717) is 0 Å². The molecular formula is C15H21BrN2. The predicted octanol–water partition coefficient (Wildman–Crippen LogP) is 3.43. The number of fused-ring (bicyclic) bond motifs is 1. The van der Waals surface area contributed by atoms with Gasteiger partial charge in [-0.3, -0.25) is 4.90 Å². The van der Waals surface area contributed by atoms with Crippen LogP contribution in [0.15, 0.2) is 22.7 Å². The summed E-state index contributed by atoms with van der Waals surface area (Å²) in [5.41, 5.74) is 2.72. The van der Waals surface area contributed by atoms with Crippen molar-refractivity contribution in [3.8, 4) is 0 Å². The number of hydrogen-bond donors (Lipinski definition) is 0. The molecule has 0 bridgehead atoms. The zero-order valence-corrected chi connectivity index (χ0v) is 12.6. The number of rotatable bonds is 1. The molecule has 0 amide bonds. The Morgan fingerprint density at radius 3 is 2.78 bits per heavy atom. The van der Waals surface area contributed by atoms with Crippen LogP contribution in [0.25, 0.3) is 0 Å². The highest BCUT2D eigenvalue weighted by Gasteiger charge is 2.28. The minimum Gasteiger partial charge on any atom is -0.370 e. The Morgan fingerprint density at radius 1 is 1.11 bits per heavy atom. The van der Waals surface area contributed by atoms with Crippen LogP contribution in [0.2, 0.25) is 0 Å². The molecule has 0 aromatic heterocycles. The average molecular weight is 309 g/mol. The summed E-state index contributed by atoms with van der Waals surface area (Å²) in [6.07, 6.45) is 4.06. The lowest BCUT2D eigenvalue weighted by Gasteiger charge is -2.27. The van der Waals surface area contributed by atoms with Gasteiger partial charge in [-0.1, -0.05) is 15.9 Å². The Bertz CT molecular complexity index is 412. The molecule has 2 aliphatic rings. The van der Waals surface area contributed by atoms with Crippen LogP contribution in [0.4, 0.5) is 5.69 Å². The highest BCUT2D eigenvalue weighted by Crippen LogP contribution is 2.27. The molecule has 0 saturated carbocycles. The third kappa shape index (κ3) is 2.57. The van der Waals surface area contributed by atoms with Crippen LogP contribution in [-0.4, -0.2) is 37.1 Å². The van der Waals surface area contributed by atoms with Gasteiger partial charge in [0.05, 0.1) is 0 Å². The average Bonchev–Trinajstić information content (AvgIpc) is 2.65. The lowest BCUT2D eigenvalue weighted by atomic mass is 10.1. The van der Waals surface area contributed by atoms with E-state index >= 15 is 0 Å². The largest absolute Gasteiger partial charge is 0.370 e. The minimum absolute atomic E-state index is 0.784. The van der Waals surface area contributed by atoms with E-state index in [1.807, 2.05) is 0 Å². The fraction of sp³-hybridized carbons (Fsp3) is 0.600. The molecule has 1 aromatic carbocycles. The maximum atomic E-state index is 3.62. The second-order valence-electron chi connectivity index (χ2n) is 5.62. The first kappa shape index (κ1) is 12.5. The minimum atomic E-state index is 0.784. The molecule has 2 saturated heterocycles. The SMILES string of the molecule is Cc1cc(Br)cc(N2CCCN3CCCC3C2)c1. The van der Waals surface area contributed by atoms with Crippen LogP contribution in [0, 0.1) is 6.92 Å². The first-order chi connectivity index (χ1) is 8.72. The smallest absolute Gasteiger partial charge is 0.0380 e. The Morgan fingerprint density at radius 2 is 1.94 bits per heavy atom. The molecule has 2 aliphatic heterocycles. The highest BCUT2D eigenvalue weighted by atomic mass is 79.9. The van der Waals surface area contributed by atoms with Crippen LogP contribution in [0.1, 0.15) is 24.8 Å². The molecule has 2 nitrogen and oxygen atoms in total. The van der Waals surface area contributed by atoms with E-state index in [2.05, 4.69) is 50.9 Å². The second-order valence-corrected chi connectivity index (χ2v) is 6.53. The van der Waals surface area contributed by atoms with Gasteiger partial charge in [0, 0.05) is 35.8 Å². The van der Waals surface area contributed by atoms with Crippen LogP contribution in [-0.2, 0) is 0 Å². The molecule has 1 aromatic rings. The molecule has 1 unspecified atom stereocenters. The van der Waals surface area contributed by atoms with Crippen molar-refractivity contribution in [2.24, 2.45) is 0 Å². The van der Waals surface area contributed by atoms with E-state index in [9.17, 15) is 0 Å². The van der Waals surface area contributed by atoms with Crippen molar-refractivity contribution < 1.29 is 0 Å². The Kier molecular flexibility index (Phi) is 3.62. The normalized spacial score (nSPS) is 25.0. The lowest BCUT2D eigenvalue weighted by Crippen LogP contribution is -2.36. The van der Waals surface area contributed by atoms with Gasteiger partial charge in [-0.2, -0.15) is 0 Å². The topological polar surface area (TPSA) is 6.48 Å².